The number of amides is 2. The number of carbonyl (C=O) groups excluding carboxylic acids is 1. The van der Waals surface area contributed by atoms with Crippen LogP contribution in [0, 0.1) is 0 Å². The van der Waals surface area contributed by atoms with Crippen molar-refractivity contribution in [2.24, 2.45) is 0 Å². The van der Waals surface area contributed by atoms with Crippen molar-refractivity contribution in [3.8, 4) is 0 Å². The Kier molecular flexibility index (Phi) is 5.79. The van der Waals surface area contributed by atoms with E-state index in [9.17, 15) is 4.79 Å². The molecule has 132 valence electrons. The lowest BCUT2D eigenvalue weighted by molar-refractivity contribution is 0.122. The third-order valence-corrected chi connectivity index (χ3v) is 4.17. The highest BCUT2D eigenvalue weighted by Crippen LogP contribution is 2.18. The maximum atomic E-state index is 12.2. The summed E-state index contributed by atoms with van der Waals surface area (Å²) in [6.45, 7) is 5.40. The van der Waals surface area contributed by atoms with E-state index in [1.807, 2.05) is 31.2 Å². The van der Waals surface area contributed by atoms with E-state index in [0.29, 0.717) is 19.8 Å². The van der Waals surface area contributed by atoms with Gasteiger partial charge >= 0.3 is 6.03 Å². The number of ether oxygens (including phenoxy) is 1. The van der Waals surface area contributed by atoms with E-state index in [0.717, 1.165) is 30.0 Å². The maximum absolute atomic E-state index is 12.2. The zero-order valence-electron chi connectivity index (χ0n) is 14.3. The molecule has 1 fully saturated rings. The highest BCUT2D eigenvalue weighted by Gasteiger charge is 2.16. The van der Waals surface area contributed by atoms with Crippen LogP contribution in [-0.4, -0.2) is 42.3 Å². The molecule has 2 aromatic heterocycles. The summed E-state index contributed by atoms with van der Waals surface area (Å²) in [6, 6.07) is 7.37. The number of morpholine rings is 1. The SMILES string of the molecule is CC(NC(=O)NCc1cccnc1N1CCOCC1)c1ccncc1. The molecule has 0 bridgehead atoms. The molecular formula is C18H23N5O2. The van der Waals surface area contributed by atoms with Gasteiger partial charge in [-0.1, -0.05) is 6.07 Å². The van der Waals surface area contributed by atoms with Gasteiger partial charge in [0.15, 0.2) is 0 Å². The highest BCUT2D eigenvalue weighted by atomic mass is 16.5. The Balaban J connectivity index is 1.57. The summed E-state index contributed by atoms with van der Waals surface area (Å²) in [7, 11) is 0. The Bertz CT molecular complexity index is 689. The molecule has 1 unspecified atom stereocenters. The van der Waals surface area contributed by atoms with Crippen LogP contribution in [0.4, 0.5) is 10.6 Å². The predicted octanol–water partition coefficient (Wildman–Crippen LogP) is 1.87. The third-order valence-electron chi connectivity index (χ3n) is 4.17. The molecule has 7 heteroatoms. The fraction of sp³-hybridized carbons (Fsp3) is 0.389. The molecular weight excluding hydrogens is 318 g/mol. The molecule has 2 amide bonds. The van der Waals surface area contributed by atoms with Gasteiger partial charge in [-0.25, -0.2) is 9.78 Å². The van der Waals surface area contributed by atoms with Gasteiger partial charge in [0.2, 0.25) is 0 Å². The molecule has 25 heavy (non-hydrogen) atoms. The number of carbonyl (C=O) groups is 1. The van der Waals surface area contributed by atoms with Crippen molar-refractivity contribution >= 4 is 11.8 Å². The summed E-state index contributed by atoms with van der Waals surface area (Å²) in [5.41, 5.74) is 2.01. The van der Waals surface area contributed by atoms with Crippen LogP contribution < -0.4 is 15.5 Å². The number of nitrogens with zero attached hydrogens (tertiary/aromatic N) is 3. The first-order chi connectivity index (χ1) is 12.2. The van der Waals surface area contributed by atoms with E-state index in [1.54, 1.807) is 18.6 Å². The van der Waals surface area contributed by atoms with Crippen LogP contribution in [0.25, 0.3) is 0 Å². The molecule has 3 rings (SSSR count). The van der Waals surface area contributed by atoms with Gasteiger partial charge in [0.1, 0.15) is 5.82 Å². The Morgan fingerprint density at radius 2 is 2.00 bits per heavy atom. The molecule has 0 aliphatic carbocycles. The second-order valence-corrected chi connectivity index (χ2v) is 5.91. The molecule has 1 saturated heterocycles. The number of hydrogen-bond acceptors (Lipinski definition) is 5. The molecule has 0 aromatic carbocycles. The molecule has 3 heterocycles. The largest absolute Gasteiger partial charge is 0.378 e. The van der Waals surface area contributed by atoms with Gasteiger partial charge in [-0.05, 0) is 30.7 Å². The fourth-order valence-electron chi connectivity index (χ4n) is 2.79. The highest BCUT2D eigenvalue weighted by molar-refractivity contribution is 5.74. The minimum atomic E-state index is -0.207. The number of aromatic nitrogens is 2. The standard InChI is InChI=1S/C18H23N5O2/c1-14(15-4-7-19-8-5-15)22-18(24)21-13-16-3-2-6-20-17(16)23-9-11-25-12-10-23/h2-8,14H,9-13H2,1H3,(H2,21,22,24). The van der Waals surface area contributed by atoms with Crippen LogP contribution in [0.2, 0.25) is 0 Å². The summed E-state index contributed by atoms with van der Waals surface area (Å²) < 4.78 is 5.39. The first-order valence-electron chi connectivity index (χ1n) is 8.45. The van der Waals surface area contributed by atoms with Crippen LogP contribution in [0.5, 0.6) is 0 Å². The van der Waals surface area contributed by atoms with Crippen molar-refractivity contribution in [3.63, 3.8) is 0 Å². The van der Waals surface area contributed by atoms with Gasteiger partial charge in [-0.15, -0.1) is 0 Å². The van der Waals surface area contributed by atoms with Crippen molar-refractivity contribution in [2.75, 3.05) is 31.2 Å². The van der Waals surface area contributed by atoms with Crippen molar-refractivity contribution < 1.29 is 9.53 Å². The number of pyridine rings is 2. The van der Waals surface area contributed by atoms with E-state index in [4.69, 9.17) is 4.74 Å². The van der Waals surface area contributed by atoms with Gasteiger partial charge in [0.05, 0.1) is 19.3 Å². The van der Waals surface area contributed by atoms with Crippen molar-refractivity contribution in [1.29, 1.82) is 0 Å². The van der Waals surface area contributed by atoms with E-state index in [1.165, 1.54) is 0 Å². The predicted molar refractivity (Wildman–Crippen MR) is 95.3 cm³/mol. The Labute approximate surface area is 147 Å². The second-order valence-electron chi connectivity index (χ2n) is 5.91. The average molecular weight is 341 g/mol. The van der Waals surface area contributed by atoms with Gasteiger partial charge in [-0.3, -0.25) is 4.98 Å². The number of nitrogens with one attached hydrogen (secondary N) is 2. The van der Waals surface area contributed by atoms with Gasteiger partial charge in [0, 0.05) is 43.8 Å². The summed E-state index contributed by atoms with van der Waals surface area (Å²) in [5.74, 6) is 0.910. The number of hydrogen-bond donors (Lipinski definition) is 2. The summed E-state index contributed by atoms with van der Waals surface area (Å²) >= 11 is 0. The van der Waals surface area contributed by atoms with Crippen molar-refractivity contribution in [1.82, 2.24) is 20.6 Å². The normalized spacial score (nSPS) is 15.5. The Hall–Kier alpha value is -2.67. The van der Waals surface area contributed by atoms with Gasteiger partial charge in [0.25, 0.3) is 0 Å². The zero-order valence-corrected chi connectivity index (χ0v) is 14.3. The molecule has 2 N–H and O–H groups in total. The molecule has 1 atom stereocenters. The first-order valence-corrected chi connectivity index (χ1v) is 8.45. The molecule has 1 aliphatic heterocycles. The molecule has 0 saturated carbocycles. The zero-order chi connectivity index (χ0) is 17.5. The van der Waals surface area contributed by atoms with E-state index < -0.39 is 0 Å². The summed E-state index contributed by atoms with van der Waals surface area (Å²) in [4.78, 5) is 22.9. The quantitative estimate of drug-likeness (QED) is 0.868. The lowest BCUT2D eigenvalue weighted by Crippen LogP contribution is -2.39. The number of rotatable bonds is 5. The van der Waals surface area contributed by atoms with Crippen molar-refractivity contribution in [2.45, 2.75) is 19.5 Å². The molecule has 0 spiro atoms. The minimum Gasteiger partial charge on any atom is -0.378 e. The number of urea groups is 1. The van der Waals surface area contributed by atoms with E-state index in [2.05, 4.69) is 25.5 Å². The fourth-order valence-corrected chi connectivity index (χ4v) is 2.79. The lowest BCUT2D eigenvalue weighted by Gasteiger charge is -2.29. The summed E-state index contributed by atoms with van der Waals surface area (Å²) in [5, 5.41) is 5.85. The molecule has 1 aliphatic rings. The average Bonchev–Trinajstić information content (AvgIpc) is 2.68. The molecule has 2 aromatic rings. The smallest absolute Gasteiger partial charge is 0.315 e. The maximum Gasteiger partial charge on any atom is 0.315 e. The lowest BCUT2D eigenvalue weighted by atomic mass is 10.1. The van der Waals surface area contributed by atoms with Crippen LogP contribution in [0.15, 0.2) is 42.9 Å². The topological polar surface area (TPSA) is 79.4 Å². The van der Waals surface area contributed by atoms with E-state index in [-0.39, 0.29) is 12.1 Å². The van der Waals surface area contributed by atoms with Crippen LogP contribution in [-0.2, 0) is 11.3 Å². The molecule has 7 nitrogen and oxygen atoms in total. The van der Waals surface area contributed by atoms with Gasteiger partial charge < -0.3 is 20.3 Å². The monoisotopic (exact) mass is 341 g/mol. The van der Waals surface area contributed by atoms with E-state index >= 15 is 0 Å². The van der Waals surface area contributed by atoms with Crippen LogP contribution in [0.1, 0.15) is 24.1 Å². The third kappa shape index (κ3) is 4.67. The van der Waals surface area contributed by atoms with Crippen molar-refractivity contribution in [3.05, 3.63) is 54.0 Å². The minimum absolute atomic E-state index is 0.0874. The van der Waals surface area contributed by atoms with Crippen LogP contribution in [0.3, 0.4) is 0 Å². The first kappa shape index (κ1) is 17.2. The number of anilines is 1. The van der Waals surface area contributed by atoms with Gasteiger partial charge in [-0.2, -0.15) is 0 Å². The molecule has 0 radical (unpaired) electrons. The Morgan fingerprint density at radius 1 is 1.24 bits per heavy atom. The second kappa shape index (κ2) is 8.43. The summed E-state index contributed by atoms with van der Waals surface area (Å²) in [6.07, 6.45) is 5.21. The Morgan fingerprint density at radius 3 is 2.76 bits per heavy atom. The van der Waals surface area contributed by atoms with Crippen LogP contribution >= 0.6 is 0 Å².